The molecule has 1 heterocycles. The largest absolute Gasteiger partial charge is 0.483 e. The van der Waals surface area contributed by atoms with E-state index in [1.807, 2.05) is 24.0 Å². The Bertz CT molecular complexity index is 521. The van der Waals surface area contributed by atoms with Crippen molar-refractivity contribution in [2.45, 2.75) is 32.3 Å². The van der Waals surface area contributed by atoms with Gasteiger partial charge in [-0.15, -0.1) is 12.4 Å². The van der Waals surface area contributed by atoms with Crippen molar-refractivity contribution in [1.29, 1.82) is 0 Å². The van der Waals surface area contributed by atoms with Crippen LogP contribution in [0.3, 0.4) is 0 Å². The molecule has 5 nitrogen and oxygen atoms in total. The van der Waals surface area contributed by atoms with Crippen LogP contribution in [0.25, 0.3) is 0 Å². The second-order valence-electron chi connectivity index (χ2n) is 5.74. The Balaban J connectivity index is 0.00000288. The van der Waals surface area contributed by atoms with Gasteiger partial charge in [0, 0.05) is 30.3 Å². The van der Waals surface area contributed by atoms with Gasteiger partial charge in [-0.3, -0.25) is 4.79 Å². The number of amides is 1. The van der Waals surface area contributed by atoms with Crippen molar-refractivity contribution >= 4 is 29.9 Å². The molecule has 0 atom stereocenters. The zero-order valence-electron chi connectivity index (χ0n) is 14.0. The fourth-order valence-electron chi connectivity index (χ4n) is 2.58. The summed E-state index contributed by atoms with van der Waals surface area (Å²) in [6, 6.07) is 5.45. The Kier molecular flexibility index (Phi) is 9.44. The lowest BCUT2D eigenvalue weighted by molar-refractivity contribution is -0.136. The smallest absolute Gasteiger partial charge is 0.260 e. The number of carbonyl (C=O) groups is 1. The van der Waals surface area contributed by atoms with Gasteiger partial charge in [-0.05, 0) is 44.9 Å². The SMILES string of the molecule is Cc1c(Cl)cccc1OCC(=O)N1CCC(OCCCN)CC1.Cl. The number of hydrogen-bond acceptors (Lipinski definition) is 4. The number of carbonyl (C=O) groups excluding carboxylic acids is 1. The van der Waals surface area contributed by atoms with Crippen LogP contribution < -0.4 is 10.5 Å². The van der Waals surface area contributed by atoms with E-state index in [0.29, 0.717) is 37.0 Å². The zero-order chi connectivity index (χ0) is 16.7. The van der Waals surface area contributed by atoms with Crippen LogP contribution in [0.1, 0.15) is 24.8 Å². The number of nitrogens with two attached hydrogens (primary N) is 1. The van der Waals surface area contributed by atoms with E-state index in [0.717, 1.165) is 24.8 Å². The normalized spacial score (nSPS) is 15.0. The van der Waals surface area contributed by atoms with Crippen LogP contribution in [-0.4, -0.2) is 49.8 Å². The molecule has 2 rings (SSSR count). The molecule has 7 heteroatoms. The molecule has 0 saturated carbocycles. The van der Waals surface area contributed by atoms with Crippen molar-refractivity contribution in [3.8, 4) is 5.75 Å². The van der Waals surface area contributed by atoms with Gasteiger partial charge in [0.15, 0.2) is 6.61 Å². The number of nitrogens with zero attached hydrogens (tertiary/aromatic N) is 1. The average molecular weight is 377 g/mol. The molecule has 1 aromatic carbocycles. The van der Waals surface area contributed by atoms with Crippen molar-refractivity contribution < 1.29 is 14.3 Å². The Labute approximate surface area is 154 Å². The first kappa shape index (κ1) is 21.0. The lowest BCUT2D eigenvalue weighted by Crippen LogP contribution is -2.43. The summed E-state index contributed by atoms with van der Waals surface area (Å²) < 4.78 is 11.4. The lowest BCUT2D eigenvalue weighted by atomic mass is 10.1. The topological polar surface area (TPSA) is 64.8 Å². The molecule has 1 amide bonds. The number of piperidine rings is 1. The van der Waals surface area contributed by atoms with Crippen LogP contribution in [0.5, 0.6) is 5.75 Å². The molecule has 1 aliphatic heterocycles. The molecule has 0 aliphatic carbocycles. The molecule has 1 aliphatic rings. The molecule has 1 aromatic rings. The predicted octanol–water partition coefficient (Wildman–Crippen LogP) is 2.81. The van der Waals surface area contributed by atoms with Crippen LogP contribution in [0.15, 0.2) is 18.2 Å². The summed E-state index contributed by atoms with van der Waals surface area (Å²) in [7, 11) is 0. The van der Waals surface area contributed by atoms with Gasteiger partial charge in [-0.1, -0.05) is 17.7 Å². The van der Waals surface area contributed by atoms with Gasteiger partial charge in [-0.2, -0.15) is 0 Å². The molecule has 0 bridgehead atoms. The third-order valence-corrected chi connectivity index (χ3v) is 4.48. The monoisotopic (exact) mass is 376 g/mol. The molecule has 0 spiro atoms. The average Bonchev–Trinajstić information content (AvgIpc) is 2.57. The Morgan fingerprint density at radius 3 is 2.75 bits per heavy atom. The number of hydrogen-bond donors (Lipinski definition) is 1. The van der Waals surface area contributed by atoms with E-state index in [4.69, 9.17) is 26.8 Å². The highest BCUT2D eigenvalue weighted by Crippen LogP contribution is 2.25. The van der Waals surface area contributed by atoms with Crippen LogP contribution in [-0.2, 0) is 9.53 Å². The highest BCUT2D eigenvalue weighted by Gasteiger charge is 2.23. The third kappa shape index (κ3) is 6.13. The van der Waals surface area contributed by atoms with Crippen molar-refractivity contribution in [3.05, 3.63) is 28.8 Å². The fourth-order valence-corrected chi connectivity index (χ4v) is 2.75. The van der Waals surface area contributed by atoms with Gasteiger partial charge in [-0.25, -0.2) is 0 Å². The van der Waals surface area contributed by atoms with E-state index >= 15 is 0 Å². The number of benzene rings is 1. The van der Waals surface area contributed by atoms with E-state index in [-0.39, 0.29) is 31.0 Å². The van der Waals surface area contributed by atoms with Gasteiger partial charge < -0.3 is 20.1 Å². The van der Waals surface area contributed by atoms with Gasteiger partial charge in [0.25, 0.3) is 5.91 Å². The maximum Gasteiger partial charge on any atom is 0.260 e. The number of rotatable bonds is 7. The third-order valence-electron chi connectivity index (χ3n) is 4.07. The summed E-state index contributed by atoms with van der Waals surface area (Å²) in [5, 5.41) is 0.644. The number of ether oxygens (including phenoxy) is 2. The molecule has 2 N–H and O–H groups in total. The minimum Gasteiger partial charge on any atom is -0.483 e. The Morgan fingerprint density at radius 1 is 1.38 bits per heavy atom. The fraction of sp³-hybridized carbons (Fsp3) is 0.588. The summed E-state index contributed by atoms with van der Waals surface area (Å²) in [6.07, 6.45) is 2.85. The van der Waals surface area contributed by atoms with E-state index in [1.54, 1.807) is 6.07 Å². The lowest BCUT2D eigenvalue weighted by Gasteiger charge is -2.32. The van der Waals surface area contributed by atoms with Crippen molar-refractivity contribution in [2.24, 2.45) is 5.73 Å². The first-order valence-electron chi connectivity index (χ1n) is 8.09. The van der Waals surface area contributed by atoms with E-state index in [1.165, 1.54) is 0 Å². The first-order chi connectivity index (χ1) is 11.1. The van der Waals surface area contributed by atoms with Crippen molar-refractivity contribution in [3.63, 3.8) is 0 Å². The molecule has 0 radical (unpaired) electrons. The molecule has 0 unspecified atom stereocenters. The Morgan fingerprint density at radius 2 is 2.08 bits per heavy atom. The van der Waals surface area contributed by atoms with Crippen molar-refractivity contribution in [1.82, 2.24) is 4.90 Å². The van der Waals surface area contributed by atoms with E-state index < -0.39 is 0 Å². The van der Waals surface area contributed by atoms with Gasteiger partial charge in [0.2, 0.25) is 0 Å². The minimum absolute atomic E-state index is 0. The van der Waals surface area contributed by atoms with Crippen LogP contribution in [0, 0.1) is 6.92 Å². The van der Waals surface area contributed by atoms with E-state index in [2.05, 4.69) is 0 Å². The summed E-state index contributed by atoms with van der Waals surface area (Å²) in [6.45, 7) is 4.70. The van der Waals surface area contributed by atoms with Crippen molar-refractivity contribution in [2.75, 3.05) is 32.8 Å². The molecule has 1 fully saturated rings. The van der Waals surface area contributed by atoms with Crippen LogP contribution in [0.4, 0.5) is 0 Å². The van der Waals surface area contributed by atoms with Gasteiger partial charge in [0.1, 0.15) is 5.75 Å². The molecule has 0 aromatic heterocycles. The zero-order valence-corrected chi connectivity index (χ0v) is 15.6. The summed E-state index contributed by atoms with van der Waals surface area (Å²) >= 11 is 6.05. The van der Waals surface area contributed by atoms with Gasteiger partial charge >= 0.3 is 0 Å². The molecular weight excluding hydrogens is 351 g/mol. The number of likely N-dealkylation sites (tertiary alicyclic amines) is 1. The standard InChI is InChI=1S/C17H25ClN2O3.ClH/c1-13-15(18)4-2-5-16(13)23-12-17(21)20-9-6-14(7-10-20)22-11-3-8-19;/h2,4-5,14H,3,6-12,19H2,1H3;1H. The minimum atomic E-state index is 0. The molecular formula is C17H26Cl2N2O3. The highest BCUT2D eigenvalue weighted by atomic mass is 35.5. The summed E-state index contributed by atoms with van der Waals surface area (Å²) in [4.78, 5) is 14.1. The maximum atomic E-state index is 12.2. The van der Waals surface area contributed by atoms with E-state index in [9.17, 15) is 4.79 Å². The van der Waals surface area contributed by atoms with Crippen LogP contribution in [0.2, 0.25) is 5.02 Å². The highest BCUT2D eigenvalue weighted by molar-refractivity contribution is 6.31. The Hall–Kier alpha value is -1.01. The number of halogens is 2. The second kappa shape index (κ2) is 10.8. The first-order valence-corrected chi connectivity index (χ1v) is 8.47. The summed E-state index contributed by atoms with van der Waals surface area (Å²) in [5.74, 6) is 0.663. The molecule has 136 valence electrons. The predicted molar refractivity (Wildman–Crippen MR) is 98.2 cm³/mol. The summed E-state index contributed by atoms with van der Waals surface area (Å²) in [5.41, 5.74) is 6.31. The second-order valence-corrected chi connectivity index (χ2v) is 6.15. The maximum absolute atomic E-state index is 12.2. The quantitative estimate of drug-likeness (QED) is 0.743. The molecule has 1 saturated heterocycles. The van der Waals surface area contributed by atoms with Gasteiger partial charge in [0.05, 0.1) is 6.10 Å². The van der Waals surface area contributed by atoms with Crippen LogP contribution >= 0.6 is 24.0 Å². The molecule has 24 heavy (non-hydrogen) atoms.